The van der Waals surface area contributed by atoms with E-state index in [0.29, 0.717) is 12.0 Å². The van der Waals surface area contributed by atoms with Crippen LogP contribution in [0.3, 0.4) is 0 Å². The summed E-state index contributed by atoms with van der Waals surface area (Å²) in [6.07, 6.45) is 3.58. The van der Waals surface area contributed by atoms with Crippen molar-refractivity contribution in [3.63, 3.8) is 0 Å². The minimum Gasteiger partial charge on any atom is -0.369 e. The van der Waals surface area contributed by atoms with Gasteiger partial charge in [-0.25, -0.2) is 4.98 Å². The second-order valence-corrected chi connectivity index (χ2v) is 6.04. The number of anilines is 1. The zero-order valence-corrected chi connectivity index (χ0v) is 11.4. The summed E-state index contributed by atoms with van der Waals surface area (Å²) in [5, 5.41) is 2.19. The Morgan fingerprint density at radius 2 is 2.16 bits per heavy atom. The van der Waals surface area contributed by atoms with Crippen LogP contribution in [-0.2, 0) is 6.42 Å². The quantitative estimate of drug-likeness (QED) is 0.733. The van der Waals surface area contributed by atoms with Crippen molar-refractivity contribution in [1.29, 1.82) is 0 Å². The predicted molar refractivity (Wildman–Crippen MR) is 79.5 cm³/mol. The highest BCUT2D eigenvalue weighted by atomic mass is 32.1. The molecule has 1 atom stereocenters. The van der Waals surface area contributed by atoms with Crippen LogP contribution in [0.4, 0.5) is 5.95 Å². The van der Waals surface area contributed by atoms with E-state index >= 15 is 0 Å². The van der Waals surface area contributed by atoms with Crippen LogP contribution in [0.15, 0.2) is 35.7 Å². The molecule has 1 aromatic carbocycles. The molecule has 4 heteroatoms. The number of thiophene rings is 1. The van der Waals surface area contributed by atoms with Crippen LogP contribution in [-0.4, -0.2) is 9.55 Å². The van der Waals surface area contributed by atoms with Gasteiger partial charge in [-0.3, -0.25) is 0 Å². The highest BCUT2D eigenvalue weighted by molar-refractivity contribution is 7.10. The number of imidazole rings is 1. The van der Waals surface area contributed by atoms with E-state index in [1.165, 1.54) is 23.3 Å². The number of hydrogen-bond donors (Lipinski definition) is 1. The van der Waals surface area contributed by atoms with Gasteiger partial charge in [-0.05, 0) is 48.4 Å². The minimum absolute atomic E-state index is 0.349. The van der Waals surface area contributed by atoms with Crippen LogP contribution in [0.1, 0.15) is 29.3 Å². The summed E-state index contributed by atoms with van der Waals surface area (Å²) in [5.74, 6) is 0.630. The Morgan fingerprint density at radius 1 is 1.26 bits per heavy atom. The van der Waals surface area contributed by atoms with Gasteiger partial charge < -0.3 is 10.3 Å². The molecule has 2 heterocycles. The molecule has 0 spiro atoms. The topological polar surface area (TPSA) is 43.8 Å². The number of hydrogen-bond acceptors (Lipinski definition) is 3. The first kappa shape index (κ1) is 11.1. The van der Waals surface area contributed by atoms with Crippen molar-refractivity contribution < 1.29 is 0 Å². The van der Waals surface area contributed by atoms with Gasteiger partial charge in [0.2, 0.25) is 5.95 Å². The molecule has 2 N–H and O–H groups in total. The van der Waals surface area contributed by atoms with Gasteiger partial charge in [-0.1, -0.05) is 12.1 Å². The summed E-state index contributed by atoms with van der Waals surface area (Å²) in [6, 6.07) is 10.8. The van der Waals surface area contributed by atoms with Crippen molar-refractivity contribution in [3.05, 3.63) is 46.2 Å². The maximum Gasteiger partial charge on any atom is 0.201 e. The minimum atomic E-state index is 0.349. The van der Waals surface area contributed by atoms with Crippen LogP contribution in [0.2, 0.25) is 0 Å². The molecule has 0 amide bonds. The maximum absolute atomic E-state index is 6.17. The predicted octanol–water partition coefficient (Wildman–Crippen LogP) is 3.61. The van der Waals surface area contributed by atoms with Crippen molar-refractivity contribution in [2.45, 2.75) is 25.3 Å². The van der Waals surface area contributed by atoms with Crippen molar-refractivity contribution in [1.82, 2.24) is 9.55 Å². The Labute approximate surface area is 115 Å². The van der Waals surface area contributed by atoms with E-state index in [1.54, 1.807) is 0 Å². The van der Waals surface area contributed by atoms with Crippen molar-refractivity contribution >= 4 is 28.3 Å². The number of nitrogens with zero attached hydrogens (tertiary/aromatic N) is 2. The Kier molecular flexibility index (Phi) is 2.38. The number of fused-ring (bicyclic) bond motifs is 2. The summed E-state index contributed by atoms with van der Waals surface area (Å²) in [7, 11) is 0. The highest BCUT2D eigenvalue weighted by Crippen LogP contribution is 2.38. The molecule has 0 radical (unpaired) electrons. The standard InChI is InChI=1S/C15H15N3S/c16-15-17-11-4-1-2-5-13(11)18(15)12-6-3-7-14-10(12)8-9-19-14/h1-2,4-5,8-9,12H,3,6-7H2,(H2,16,17). The van der Waals surface area contributed by atoms with Crippen LogP contribution < -0.4 is 5.73 Å². The molecule has 1 aliphatic rings. The molecule has 3 nitrogen and oxygen atoms in total. The lowest BCUT2D eigenvalue weighted by molar-refractivity contribution is 0.510. The summed E-state index contributed by atoms with van der Waals surface area (Å²) in [6.45, 7) is 0. The molecule has 2 aromatic heterocycles. The Morgan fingerprint density at radius 3 is 3.11 bits per heavy atom. The van der Waals surface area contributed by atoms with Gasteiger partial charge in [0.15, 0.2) is 0 Å². The largest absolute Gasteiger partial charge is 0.369 e. The zero-order valence-electron chi connectivity index (χ0n) is 10.5. The molecule has 0 saturated heterocycles. The van der Waals surface area contributed by atoms with Gasteiger partial charge in [-0.2, -0.15) is 0 Å². The van der Waals surface area contributed by atoms with Gasteiger partial charge >= 0.3 is 0 Å². The third kappa shape index (κ3) is 1.60. The molecule has 19 heavy (non-hydrogen) atoms. The Bertz CT molecular complexity index is 741. The number of rotatable bonds is 1. The molecule has 1 unspecified atom stereocenters. The number of nitrogens with two attached hydrogens (primary N) is 1. The van der Waals surface area contributed by atoms with Crippen molar-refractivity contribution in [3.8, 4) is 0 Å². The van der Waals surface area contributed by atoms with Crippen LogP contribution in [0.25, 0.3) is 11.0 Å². The third-order valence-electron chi connectivity index (χ3n) is 3.96. The summed E-state index contributed by atoms with van der Waals surface area (Å²) < 4.78 is 2.21. The fourth-order valence-electron chi connectivity index (χ4n) is 3.12. The average Bonchev–Trinajstić information content (AvgIpc) is 3.01. The fraction of sp³-hybridized carbons (Fsp3) is 0.267. The maximum atomic E-state index is 6.17. The lowest BCUT2D eigenvalue weighted by Gasteiger charge is -2.25. The number of nitrogen functional groups attached to an aromatic ring is 1. The van der Waals surface area contributed by atoms with E-state index in [1.807, 2.05) is 23.5 Å². The monoisotopic (exact) mass is 269 g/mol. The third-order valence-corrected chi connectivity index (χ3v) is 4.95. The van der Waals surface area contributed by atoms with Crippen molar-refractivity contribution in [2.24, 2.45) is 0 Å². The molecule has 1 aliphatic carbocycles. The average molecular weight is 269 g/mol. The van der Waals surface area contributed by atoms with E-state index in [2.05, 4.69) is 33.1 Å². The first-order valence-electron chi connectivity index (χ1n) is 6.63. The first-order valence-corrected chi connectivity index (χ1v) is 7.51. The van der Waals surface area contributed by atoms with Gasteiger partial charge in [0.25, 0.3) is 0 Å². The summed E-state index contributed by atoms with van der Waals surface area (Å²) in [5.41, 5.74) is 9.73. The molecule has 4 rings (SSSR count). The number of para-hydroxylation sites is 2. The van der Waals surface area contributed by atoms with Crippen LogP contribution >= 0.6 is 11.3 Å². The van der Waals surface area contributed by atoms with Crippen LogP contribution in [0, 0.1) is 0 Å². The van der Waals surface area contributed by atoms with Crippen molar-refractivity contribution in [2.75, 3.05) is 5.73 Å². The van der Waals surface area contributed by atoms with Gasteiger partial charge in [0.05, 0.1) is 17.1 Å². The highest BCUT2D eigenvalue weighted by Gasteiger charge is 2.25. The molecule has 0 bridgehead atoms. The van der Waals surface area contributed by atoms with Gasteiger partial charge in [-0.15, -0.1) is 11.3 Å². The molecular weight excluding hydrogens is 254 g/mol. The summed E-state index contributed by atoms with van der Waals surface area (Å²) >= 11 is 1.86. The Balaban J connectivity index is 1.95. The fourth-order valence-corrected chi connectivity index (χ4v) is 4.10. The zero-order chi connectivity index (χ0) is 12.8. The van der Waals surface area contributed by atoms with E-state index in [-0.39, 0.29) is 0 Å². The number of aryl methyl sites for hydroxylation is 1. The second kappa shape index (κ2) is 4.10. The molecule has 96 valence electrons. The second-order valence-electron chi connectivity index (χ2n) is 5.04. The van der Waals surface area contributed by atoms with E-state index < -0.39 is 0 Å². The number of benzene rings is 1. The molecule has 0 fully saturated rings. The van der Waals surface area contributed by atoms with E-state index in [0.717, 1.165) is 17.5 Å². The molecule has 3 aromatic rings. The SMILES string of the molecule is Nc1nc2ccccc2n1C1CCCc2sccc21. The van der Waals surface area contributed by atoms with Gasteiger partial charge in [0.1, 0.15) is 0 Å². The lowest BCUT2D eigenvalue weighted by Crippen LogP contribution is -2.17. The van der Waals surface area contributed by atoms with E-state index in [9.17, 15) is 0 Å². The molecule has 0 aliphatic heterocycles. The Hall–Kier alpha value is -1.81. The normalized spacial score (nSPS) is 18.6. The molecule has 0 saturated carbocycles. The van der Waals surface area contributed by atoms with Gasteiger partial charge in [0, 0.05) is 4.88 Å². The first-order chi connectivity index (χ1) is 9.34. The summed E-state index contributed by atoms with van der Waals surface area (Å²) in [4.78, 5) is 6.00. The smallest absolute Gasteiger partial charge is 0.201 e. The molecular formula is C15H15N3S. The van der Waals surface area contributed by atoms with Crippen LogP contribution in [0.5, 0.6) is 0 Å². The number of aromatic nitrogens is 2. The van der Waals surface area contributed by atoms with E-state index in [4.69, 9.17) is 5.73 Å². The lowest BCUT2D eigenvalue weighted by atomic mass is 9.93.